The van der Waals surface area contributed by atoms with Crippen LogP contribution in [0.1, 0.15) is 12.8 Å². The Kier molecular flexibility index (Phi) is 13.0. The average molecular weight is 152 g/mol. The molecule has 0 spiro atoms. The molecule has 0 aromatic rings. The van der Waals surface area contributed by atoms with E-state index in [1.807, 2.05) is 0 Å². The maximum atomic E-state index is 8.36. The fraction of sp³-hybridized carbons (Fsp3) is 1.00. The number of aliphatic hydroxyl groups excluding tert-OH is 1. The molecule has 0 fully saturated rings. The zero-order valence-electron chi connectivity index (χ0n) is 5.56. The molecule has 4 N–H and O–H groups in total. The molecule has 0 saturated carbocycles. The largest absolute Gasteiger partial charge is 0.396 e. The predicted molar refractivity (Wildman–Crippen MR) is 34.2 cm³/mol. The summed E-state index contributed by atoms with van der Waals surface area (Å²) in [6.45, 7) is 0.970. The third-order valence-electron chi connectivity index (χ3n) is 0.612. The van der Waals surface area contributed by atoms with Gasteiger partial charge in [0.2, 0.25) is 0 Å². The summed E-state index contributed by atoms with van der Waals surface area (Å²) < 4.78 is 0. The lowest BCUT2D eigenvalue weighted by atomic mass is 10.3. The van der Waals surface area contributed by atoms with E-state index < -0.39 is 5.09 Å². The summed E-state index contributed by atoms with van der Waals surface area (Å²) in [7, 11) is 0. The molecule has 0 heterocycles. The van der Waals surface area contributed by atoms with Crippen molar-refractivity contribution in [2.75, 3.05) is 13.2 Å². The molecule has 6 nitrogen and oxygen atoms in total. The number of rotatable bonds is 3. The van der Waals surface area contributed by atoms with Crippen molar-refractivity contribution in [2.45, 2.75) is 12.8 Å². The summed E-state index contributed by atoms with van der Waals surface area (Å²) in [5.74, 6) is 0. The lowest BCUT2D eigenvalue weighted by Crippen LogP contribution is -1.98. The SMILES string of the molecule is NCCCCO.O=[N+]([O-])O. The minimum absolute atomic E-state index is 0.275. The monoisotopic (exact) mass is 152 g/mol. The van der Waals surface area contributed by atoms with Gasteiger partial charge < -0.3 is 16.0 Å². The van der Waals surface area contributed by atoms with Gasteiger partial charge in [0.25, 0.3) is 5.09 Å². The first kappa shape index (κ1) is 11.9. The minimum atomic E-state index is -1.50. The standard InChI is InChI=1S/C4H11NO.HNO3/c5-3-1-2-4-6;2-1(3)4/h6H,1-5H2;(H,2,3,4). The van der Waals surface area contributed by atoms with Gasteiger partial charge in [-0.15, -0.1) is 10.1 Å². The van der Waals surface area contributed by atoms with Gasteiger partial charge in [-0.25, -0.2) is 0 Å². The quantitative estimate of drug-likeness (QED) is 0.283. The average Bonchev–Trinajstić information content (AvgIpc) is 1.82. The van der Waals surface area contributed by atoms with E-state index in [-0.39, 0.29) is 6.61 Å². The van der Waals surface area contributed by atoms with Crippen molar-refractivity contribution in [1.82, 2.24) is 0 Å². The second kappa shape index (κ2) is 11.0. The zero-order valence-corrected chi connectivity index (χ0v) is 5.56. The van der Waals surface area contributed by atoms with Gasteiger partial charge in [-0.3, -0.25) is 0 Å². The Labute approximate surface area is 58.4 Å². The molecule has 0 unspecified atom stereocenters. The molecule has 6 heteroatoms. The third kappa shape index (κ3) is 59.3. The Bertz CT molecular complexity index is 69.7. The van der Waals surface area contributed by atoms with Gasteiger partial charge in [-0.2, -0.15) is 0 Å². The summed E-state index contributed by atoms with van der Waals surface area (Å²) in [4.78, 5) is 8.36. The first-order valence-electron chi connectivity index (χ1n) is 2.79. The highest BCUT2D eigenvalue weighted by atomic mass is 16.9. The second-order valence-corrected chi connectivity index (χ2v) is 1.46. The fourth-order valence-electron chi connectivity index (χ4n) is 0.256. The number of hydrogen-bond acceptors (Lipinski definition) is 4. The van der Waals surface area contributed by atoms with Crippen molar-refractivity contribution in [3.63, 3.8) is 0 Å². The molecule has 0 aromatic heterocycles. The summed E-state index contributed by atoms with van der Waals surface area (Å²) >= 11 is 0. The van der Waals surface area contributed by atoms with E-state index >= 15 is 0 Å². The third-order valence-corrected chi connectivity index (χ3v) is 0.612. The molecule has 0 rings (SSSR count). The van der Waals surface area contributed by atoms with Crippen LogP contribution in [0.4, 0.5) is 0 Å². The van der Waals surface area contributed by atoms with Gasteiger partial charge in [0.05, 0.1) is 0 Å². The van der Waals surface area contributed by atoms with Gasteiger partial charge in [0.1, 0.15) is 0 Å². The van der Waals surface area contributed by atoms with E-state index in [1.54, 1.807) is 0 Å². The van der Waals surface area contributed by atoms with Gasteiger partial charge in [0, 0.05) is 6.61 Å². The van der Waals surface area contributed by atoms with Crippen LogP contribution in [0.5, 0.6) is 0 Å². The van der Waals surface area contributed by atoms with Crippen LogP contribution < -0.4 is 5.73 Å². The van der Waals surface area contributed by atoms with Crippen LogP contribution in [0.3, 0.4) is 0 Å². The van der Waals surface area contributed by atoms with E-state index in [4.69, 9.17) is 26.2 Å². The summed E-state index contributed by atoms with van der Waals surface area (Å²) in [5, 5.41) is 21.8. The smallest absolute Gasteiger partial charge is 0.291 e. The molecule has 0 amide bonds. The maximum Gasteiger partial charge on any atom is 0.291 e. The van der Waals surface area contributed by atoms with Gasteiger partial charge in [-0.1, -0.05) is 0 Å². The molecular formula is C4H12N2O4. The van der Waals surface area contributed by atoms with Crippen LogP contribution in [-0.2, 0) is 0 Å². The van der Waals surface area contributed by atoms with Crippen molar-refractivity contribution in [2.24, 2.45) is 5.73 Å². The number of aliphatic hydroxyl groups is 1. The predicted octanol–water partition coefficient (Wildman–Crippen LogP) is -0.630. The lowest BCUT2D eigenvalue weighted by molar-refractivity contribution is -0.742. The Morgan fingerprint density at radius 2 is 1.90 bits per heavy atom. The van der Waals surface area contributed by atoms with Crippen molar-refractivity contribution in [1.29, 1.82) is 0 Å². The first-order valence-corrected chi connectivity index (χ1v) is 2.79. The maximum absolute atomic E-state index is 8.36. The number of nitrogens with zero attached hydrogens (tertiary/aromatic N) is 1. The van der Waals surface area contributed by atoms with Crippen molar-refractivity contribution < 1.29 is 15.4 Å². The van der Waals surface area contributed by atoms with Crippen LogP contribution in [0, 0.1) is 10.1 Å². The summed E-state index contributed by atoms with van der Waals surface area (Å²) in [5.41, 5.74) is 5.10. The molecule has 0 aliphatic carbocycles. The first-order chi connectivity index (χ1) is 4.65. The van der Waals surface area contributed by atoms with E-state index in [2.05, 4.69) is 0 Å². The van der Waals surface area contributed by atoms with Gasteiger partial charge in [-0.05, 0) is 19.4 Å². The topological polar surface area (TPSA) is 110 Å². The Morgan fingerprint density at radius 1 is 1.50 bits per heavy atom. The summed E-state index contributed by atoms with van der Waals surface area (Å²) in [6, 6.07) is 0. The number of hydrogen-bond donors (Lipinski definition) is 3. The van der Waals surface area contributed by atoms with E-state index in [0.29, 0.717) is 6.54 Å². The minimum Gasteiger partial charge on any atom is -0.396 e. The summed E-state index contributed by atoms with van der Waals surface area (Å²) in [6.07, 6.45) is 1.78. The Hall–Kier alpha value is -0.880. The lowest BCUT2D eigenvalue weighted by Gasteiger charge is -1.86. The molecule has 0 aliphatic heterocycles. The highest BCUT2D eigenvalue weighted by Crippen LogP contribution is 1.79. The number of nitrogens with two attached hydrogens (primary N) is 1. The van der Waals surface area contributed by atoms with Crippen molar-refractivity contribution in [3.05, 3.63) is 10.1 Å². The molecule has 0 aliphatic rings. The highest BCUT2D eigenvalue weighted by molar-refractivity contribution is 4.34. The Balaban J connectivity index is 0. The van der Waals surface area contributed by atoms with Crippen molar-refractivity contribution in [3.8, 4) is 0 Å². The van der Waals surface area contributed by atoms with E-state index in [9.17, 15) is 0 Å². The van der Waals surface area contributed by atoms with E-state index in [0.717, 1.165) is 12.8 Å². The molecule has 0 saturated heterocycles. The van der Waals surface area contributed by atoms with Gasteiger partial charge >= 0.3 is 0 Å². The molecule has 0 bridgehead atoms. The molecular weight excluding hydrogens is 140 g/mol. The molecule has 62 valence electrons. The zero-order chi connectivity index (χ0) is 8.41. The van der Waals surface area contributed by atoms with E-state index in [1.165, 1.54) is 0 Å². The van der Waals surface area contributed by atoms with Crippen LogP contribution in [0.25, 0.3) is 0 Å². The van der Waals surface area contributed by atoms with Crippen LogP contribution >= 0.6 is 0 Å². The number of unbranched alkanes of at least 4 members (excludes halogenated alkanes) is 1. The molecule has 0 aromatic carbocycles. The van der Waals surface area contributed by atoms with Crippen LogP contribution in [-0.4, -0.2) is 28.6 Å². The fourth-order valence-corrected chi connectivity index (χ4v) is 0.256. The van der Waals surface area contributed by atoms with Gasteiger partial charge in [0.15, 0.2) is 0 Å². The van der Waals surface area contributed by atoms with Crippen molar-refractivity contribution >= 4 is 0 Å². The second-order valence-electron chi connectivity index (χ2n) is 1.46. The highest BCUT2D eigenvalue weighted by Gasteiger charge is 1.76. The Morgan fingerprint density at radius 3 is 2.00 bits per heavy atom. The van der Waals surface area contributed by atoms with Crippen LogP contribution in [0.2, 0.25) is 0 Å². The molecule has 10 heavy (non-hydrogen) atoms. The molecule has 0 radical (unpaired) electrons. The normalized spacial score (nSPS) is 7.80. The molecule has 0 atom stereocenters. The van der Waals surface area contributed by atoms with Crippen LogP contribution in [0.15, 0.2) is 0 Å².